The molecular weight excluding hydrogens is 328 g/mol. The number of nitrogens with two attached hydrogens (primary N) is 1. The first kappa shape index (κ1) is 15.8. The van der Waals surface area contributed by atoms with E-state index in [1.54, 1.807) is 29.8 Å². The molecule has 0 saturated carbocycles. The molecule has 0 fully saturated rings. The van der Waals surface area contributed by atoms with Crippen LogP contribution in [0.3, 0.4) is 0 Å². The number of phenolic OH excluding ortho intramolecular Hbond substituents is 1. The van der Waals surface area contributed by atoms with E-state index in [0.717, 1.165) is 11.1 Å². The largest absolute Gasteiger partial charge is 0.508 e. The molecular formula is C16H14N4O3S. The molecule has 7 nitrogen and oxygen atoms in total. The van der Waals surface area contributed by atoms with Crippen LogP contribution in [0, 0.1) is 0 Å². The van der Waals surface area contributed by atoms with Gasteiger partial charge in [-0.05, 0) is 23.8 Å². The molecule has 5 N–H and O–H groups in total. The summed E-state index contributed by atoms with van der Waals surface area (Å²) in [4.78, 5) is 30.2. The summed E-state index contributed by atoms with van der Waals surface area (Å²) < 4.78 is 0. The second-order valence-corrected chi connectivity index (χ2v) is 5.95. The molecule has 1 aromatic carbocycles. The van der Waals surface area contributed by atoms with Gasteiger partial charge in [-0.15, -0.1) is 11.3 Å². The number of hydrogen-bond acceptors (Lipinski definition) is 5. The molecule has 0 unspecified atom stereocenters. The SMILES string of the molecule is NC(=O)c1cc(-c2csc(NC(=O)Cc3ccc(O)cc3)n2)c[nH]1. The summed E-state index contributed by atoms with van der Waals surface area (Å²) in [5.74, 6) is -0.585. The number of hydrogen-bond donors (Lipinski definition) is 4. The molecule has 24 heavy (non-hydrogen) atoms. The predicted molar refractivity (Wildman–Crippen MR) is 90.9 cm³/mol. The van der Waals surface area contributed by atoms with Gasteiger partial charge >= 0.3 is 0 Å². The fourth-order valence-corrected chi connectivity index (χ4v) is 2.85. The van der Waals surface area contributed by atoms with Crippen LogP contribution in [0.15, 0.2) is 41.9 Å². The van der Waals surface area contributed by atoms with Crippen LogP contribution in [0.5, 0.6) is 5.75 Å². The van der Waals surface area contributed by atoms with Crippen LogP contribution in [-0.2, 0) is 11.2 Å². The lowest BCUT2D eigenvalue weighted by atomic mass is 10.1. The first-order valence-electron chi connectivity index (χ1n) is 7.03. The molecule has 0 atom stereocenters. The number of amides is 2. The zero-order chi connectivity index (χ0) is 17.1. The van der Waals surface area contributed by atoms with Crippen molar-refractivity contribution in [3.05, 3.63) is 53.2 Å². The van der Waals surface area contributed by atoms with Crippen molar-refractivity contribution in [1.82, 2.24) is 9.97 Å². The highest BCUT2D eigenvalue weighted by Gasteiger charge is 2.11. The summed E-state index contributed by atoms with van der Waals surface area (Å²) in [6, 6.07) is 8.05. The lowest BCUT2D eigenvalue weighted by Crippen LogP contribution is -2.14. The van der Waals surface area contributed by atoms with E-state index in [1.807, 2.05) is 0 Å². The number of nitrogens with one attached hydrogen (secondary N) is 2. The number of anilines is 1. The monoisotopic (exact) mass is 342 g/mol. The molecule has 0 saturated heterocycles. The second-order valence-electron chi connectivity index (χ2n) is 5.10. The van der Waals surface area contributed by atoms with Crippen LogP contribution in [-0.4, -0.2) is 26.9 Å². The topological polar surface area (TPSA) is 121 Å². The van der Waals surface area contributed by atoms with Gasteiger partial charge in [0, 0.05) is 17.1 Å². The summed E-state index contributed by atoms with van der Waals surface area (Å²) in [6.45, 7) is 0. The number of aromatic hydroxyl groups is 1. The maximum absolute atomic E-state index is 12.0. The summed E-state index contributed by atoms with van der Waals surface area (Å²) in [6.07, 6.45) is 1.82. The van der Waals surface area contributed by atoms with Crippen LogP contribution in [0.25, 0.3) is 11.3 Å². The molecule has 0 aliphatic carbocycles. The van der Waals surface area contributed by atoms with E-state index >= 15 is 0 Å². The Morgan fingerprint density at radius 1 is 1.29 bits per heavy atom. The quantitative estimate of drug-likeness (QED) is 0.567. The zero-order valence-corrected chi connectivity index (χ0v) is 13.3. The Labute approximate surface area is 141 Å². The number of phenols is 1. The normalized spacial score (nSPS) is 10.5. The smallest absolute Gasteiger partial charge is 0.265 e. The van der Waals surface area contributed by atoms with Crippen molar-refractivity contribution in [2.24, 2.45) is 5.73 Å². The van der Waals surface area contributed by atoms with Crippen molar-refractivity contribution >= 4 is 28.3 Å². The van der Waals surface area contributed by atoms with E-state index in [9.17, 15) is 14.7 Å². The molecule has 0 spiro atoms. The number of aromatic amines is 1. The van der Waals surface area contributed by atoms with Crippen molar-refractivity contribution < 1.29 is 14.7 Å². The minimum Gasteiger partial charge on any atom is -0.508 e. The van der Waals surface area contributed by atoms with Gasteiger partial charge in [0.25, 0.3) is 5.91 Å². The van der Waals surface area contributed by atoms with Gasteiger partial charge in [-0.2, -0.15) is 0 Å². The first-order valence-corrected chi connectivity index (χ1v) is 7.91. The minimum absolute atomic E-state index is 0.158. The average Bonchev–Trinajstić information content (AvgIpc) is 3.18. The molecule has 0 radical (unpaired) electrons. The number of nitrogens with zero attached hydrogens (tertiary/aromatic N) is 1. The van der Waals surface area contributed by atoms with Crippen molar-refractivity contribution in [2.75, 3.05) is 5.32 Å². The van der Waals surface area contributed by atoms with E-state index < -0.39 is 5.91 Å². The van der Waals surface area contributed by atoms with E-state index in [0.29, 0.717) is 16.5 Å². The number of carbonyl (C=O) groups is 2. The van der Waals surface area contributed by atoms with Crippen LogP contribution in [0.2, 0.25) is 0 Å². The molecule has 0 aliphatic heterocycles. The van der Waals surface area contributed by atoms with Crippen molar-refractivity contribution in [3.63, 3.8) is 0 Å². The molecule has 0 aliphatic rings. The Hall–Kier alpha value is -3.13. The first-order chi connectivity index (χ1) is 11.5. The standard InChI is InChI=1S/C16H14N4O3S/c17-15(23)12-6-10(7-18-12)13-8-24-16(19-13)20-14(22)5-9-1-3-11(21)4-2-9/h1-4,6-8,18,21H,5H2,(H2,17,23)(H,19,20,22). The lowest BCUT2D eigenvalue weighted by Gasteiger charge is -2.02. The third kappa shape index (κ3) is 3.61. The van der Waals surface area contributed by atoms with Crippen molar-refractivity contribution in [2.45, 2.75) is 6.42 Å². The zero-order valence-electron chi connectivity index (χ0n) is 12.4. The van der Waals surface area contributed by atoms with Gasteiger partial charge in [0.2, 0.25) is 5.91 Å². The van der Waals surface area contributed by atoms with Crippen molar-refractivity contribution in [3.8, 4) is 17.0 Å². The Morgan fingerprint density at radius 2 is 2.04 bits per heavy atom. The Morgan fingerprint density at radius 3 is 2.71 bits per heavy atom. The summed E-state index contributed by atoms with van der Waals surface area (Å²) in [7, 11) is 0. The van der Waals surface area contributed by atoms with E-state index in [2.05, 4.69) is 15.3 Å². The molecule has 0 bridgehead atoms. The highest BCUT2D eigenvalue weighted by Crippen LogP contribution is 2.25. The second kappa shape index (κ2) is 6.55. The van der Waals surface area contributed by atoms with Crippen LogP contribution in [0.1, 0.15) is 16.1 Å². The summed E-state index contributed by atoms with van der Waals surface area (Å²) >= 11 is 1.29. The number of primary amides is 1. The van der Waals surface area contributed by atoms with Gasteiger partial charge in [-0.1, -0.05) is 12.1 Å². The molecule has 2 heterocycles. The molecule has 122 valence electrons. The average molecular weight is 342 g/mol. The lowest BCUT2D eigenvalue weighted by molar-refractivity contribution is -0.115. The molecule has 3 rings (SSSR count). The van der Waals surface area contributed by atoms with E-state index in [4.69, 9.17) is 5.73 Å². The van der Waals surface area contributed by atoms with Gasteiger partial charge in [0.1, 0.15) is 11.4 Å². The number of H-pyrrole nitrogens is 1. The van der Waals surface area contributed by atoms with Crippen molar-refractivity contribution in [1.29, 1.82) is 0 Å². The number of benzene rings is 1. The molecule has 2 amide bonds. The van der Waals surface area contributed by atoms with Crippen LogP contribution < -0.4 is 11.1 Å². The Kier molecular flexibility index (Phi) is 4.30. The highest BCUT2D eigenvalue weighted by molar-refractivity contribution is 7.14. The Balaban J connectivity index is 1.65. The fraction of sp³-hybridized carbons (Fsp3) is 0.0625. The Bertz CT molecular complexity index is 883. The predicted octanol–water partition coefficient (Wildman–Crippen LogP) is 2.12. The minimum atomic E-state index is -0.543. The summed E-state index contributed by atoms with van der Waals surface area (Å²) in [5.41, 5.74) is 7.65. The third-order valence-electron chi connectivity index (χ3n) is 3.30. The maximum atomic E-state index is 12.0. The molecule has 3 aromatic rings. The molecule has 2 aromatic heterocycles. The third-order valence-corrected chi connectivity index (χ3v) is 4.05. The number of aromatic nitrogens is 2. The number of thiazole rings is 1. The van der Waals surface area contributed by atoms with Gasteiger partial charge in [-0.25, -0.2) is 4.98 Å². The number of rotatable bonds is 5. The van der Waals surface area contributed by atoms with Gasteiger partial charge in [0.05, 0.1) is 12.1 Å². The van der Waals surface area contributed by atoms with Gasteiger partial charge < -0.3 is 21.1 Å². The molecule has 8 heteroatoms. The van der Waals surface area contributed by atoms with E-state index in [1.165, 1.54) is 23.5 Å². The van der Waals surface area contributed by atoms with Gasteiger partial charge in [0.15, 0.2) is 5.13 Å². The maximum Gasteiger partial charge on any atom is 0.265 e. The number of carbonyl (C=O) groups excluding carboxylic acids is 2. The van der Waals surface area contributed by atoms with Gasteiger partial charge in [-0.3, -0.25) is 9.59 Å². The van der Waals surface area contributed by atoms with Crippen LogP contribution >= 0.6 is 11.3 Å². The van der Waals surface area contributed by atoms with Crippen LogP contribution in [0.4, 0.5) is 5.13 Å². The van der Waals surface area contributed by atoms with E-state index in [-0.39, 0.29) is 18.1 Å². The highest BCUT2D eigenvalue weighted by atomic mass is 32.1. The summed E-state index contributed by atoms with van der Waals surface area (Å²) in [5, 5.41) is 14.2. The fourth-order valence-electron chi connectivity index (χ4n) is 2.11.